The van der Waals surface area contributed by atoms with Gasteiger partial charge < -0.3 is 9.64 Å². The topological polar surface area (TPSA) is 84.0 Å². The molecular formula is C17H22FN5O2. The van der Waals surface area contributed by atoms with E-state index in [1.807, 2.05) is 18.7 Å². The van der Waals surface area contributed by atoms with Gasteiger partial charge in [-0.15, -0.1) is 0 Å². The number of carbonyl (C=O) groups is 1. The molecule has 134 valence electrons. The molecule has 0 radical (unpaired) electrons. The van der Waals surface area contributed by atoms with Crippen molar-refractivity contribution in [3.05, 3.63) is 35.2 Å². The van der Waals surface area contributed by atoms with Crippen LogP contribution in [0, 0.1) is 19.7 Å². The molecule has 0 bridgehead atoms. The molecule has 0 aliphatic carbocycles. The second-order valence-corrected chi connectivity index (χ2v) is 6.32. The maximum absolute atomic E-state index is 12.9. The van der Waals surface area contributed by atoms with E-state index in [2.05, 4.69) is 20.2 Å². The van der Waals surface area contributed by atoms with Gasteiger partial charge in [-0.25, -0.2) is 14.4 Å². The summed E-state index contributed by atoms with van der Waals surface area (Å²) in [5.74, 6) is -0.397. The van der Waals surface area contributed by atoms with Crippen molar-refractivity contribution in [2.24, 2.45) is 0 Å². The zero-order valence-electron chi connectivity index (χ0n) is 14.5. The highest BCUT2D eigenvalue weighted by Crippen LogP contribution is 2.18. The number of aromatic amines is 1. The van der Waals surface area contributed by atoms with Crippen LogP contribution in [0.5, 0.6) is 6.01 Å². The monoisotopic (exact) mass is 347 g/mol. The minimum Gasteiger partial charge on any atom is -0.458 e. The van der Waals surface area contributed by atoms with E-state index in [1.165, 1.54) is 0 Å². The van der Waals surface area contributed by atoms with Gasteiger partial charge in [0.05, 0.1) is 24.6 Å². The predicted octanol–water partition coefficient (Wildman–Crippen LogP) is 1.96. The summed E-state index contributed by atoms with van der Waals surface area (Å²) in [7, 11) is 0. The number of hydrogen-bond donors (Lipinski definition) is 1. The minimum absolute atomic E-state index is 0.105. The van der Waals surface area contributed by atoms with Crippen LogP contribution in [0.2, 0.25) is 0 Å². The first-order valence-electron chi connectivity index (χ1n) is 8.45. The number of nitrogens with zero attached hydrogens (tertiary/aromatic N) is 4. The first-order valence-corrected chi connectivity index (χ1v) is 8.45. The average Bonchev–Trinajstić information content (AvgIpc) is 2.93. The molecule has 0 unspecified atom stereocenters. The first kappa shape index (κ1) is 17.3. The van der Waals surface area contributed by atoms with Crippen LogP contribution in [0.4, 0.5) is 4.39 Å². The standard InChI is InChI=1S/C17H22FN5O2/c1-11-15(12(2)22-21-11)5-6-16(24)23-7-3-4-14(10-23)25-17-19-8-13(18)9-20-17/h8-9,14H,3-7,10H2,1-2H3,(H,21,22)/t14-/m0/s1. The number of ether oxygens (including phenoxy) is 1. The van der Waals surface area contributed by atoms with Crippen LogP contribution in [0.3, 0.4) is 0 Å². The summed E-state index contributed by atoms with van der Waals surface area (Å²) >= 11 is 0. The first-order chi connectivity index (χ1) is 12.0. The Morgan fingerprint density at radius 2 is 2.16 bits per heavy atom. The van der Waals surface area contributed by atoms with Crippen LogP contribution in [0.25, 0.3) is 0 Å². The Morgan fingerprint density at radius 3 is 2.84 bits per heavy atom. The van der Waals surface area contributed by atoms with E-state index < -0.39 is 5.82 Å². The summed E-state index contributed by atoms with van der Waals surface area (Å²) in [5.41, 5.74) is 3.06. The zero-order chi connectivity index (χ0) is 17.8. The van der Waals surface area contributed by atoms with E-state index in [4.69, 9.17) is 4.74 Å². The zero-order valence-corrected chi connectivity index (χ0v) is 14.5. The molecule has 1 amide bonds. The van der Waals surface area contributed by atoms with E-state index in [1.54, 1.807) is 0 Å². The molecule has 1 saturated heterocycles. The summed E-state index contributed by atoms with van der Waals surface area (Å²) in [6.07, 6.45) is 4.79. The largest absolute Gasteiger partial charge is 0.458 e. The van der Waals surface area contributed by atoms with Gasteiger partial charge in [-0.2, -0.15) is 5.10 Å². The Balaban J connectivity index is 1.53. The lowest BCUT2D eigenvalue weighted by molar-refractivity contribution is -0.133. The molecular weight excluding hydrogens is 325 g/mol. The summed E-state index contributed by atoms with van der Waals surface area (Å²) in [6, 6.07) is 0.144. The van der Waals surface area contributed by atoms with Crippen molar-refractivity contribution in [3.63, 3.8) is 0 Å². The second kappa shape index (κ2) is 7.58. The van der Waals surface area contributed by atoms with Crippen molar-refractivity contribution >= 4 is 5.91 Å². The van der Waals surface area contributed by atoms with Crippen molar-refractivity contribution in [1.82, 2.24) is 25.1 Å². The van der Waals surface area contributed by atoms with Crippen LogP contribution in [-0.2, 0) is 11.2 Å². The third-order valence-electron chi connectivity index (χ3n) is 4.47. The Labute approximate surface area is 145 Å². The molecule has 1 N–H and O–H groups in total. The van der Waals surface area contributed by atoms with Crippen LogP contribution < -0.4 is 4.74 Å². The highest BCUT2D eigenvalue weighted by molar-refractivity contribution is 5.76. The number of H-pyrrole nitrogens is 1. The van der Waals surface area contributed by atoms with Gasteiger partial charge in [0.25, 0.3) is 0 Å². The second-order valence-electron chi connectivity index (χ2n) is 6.32. The van der Waals surface area contributed by atoms with E-state index >= 15 is 0 Å². The molecule has 1 fully saturated rings. The number of likely N-dealkylation sites (tertiary alicyclic amines) is 1. The number of aryl methyl sites for hydroxylation is 2. The van der Waals surface area contributed by atoms with Crippen LogP contribution in [-0.4, -0.2) is 50.2 Å². The molecule has 1 aliphatic rings. The number of amides is 1. The normalized spacial score (nSPS) is 17.6. The maximum atomic E-state index is 12.9. The van der Waals surface area contributed by atoms with Crippen molar-refractivity contribution in [2.45, 2.75) is 45.6 Å². The molecule has 3 heterocycles. The molecule has 8 heteroatoms. The number of rotatable bonds is 5. The summed E-state index contributed by atoms with van der Waals surface area (Å²) in [5, 5.41) is 7.10. The highest BCUT2D eigenvalue weighted by atomic mass is 19.1. The third kappa shape index (κ3) is 4.32. The molecule has 0 saturated carbocycles. The van der Waals surface area contributed by atoms with Crippen molar-refractivity contribution in [3.8, 4) is 6.01 Å². The van der Waals surface area contributed by atoms with Gasteiger partial charge in [0.2, 0.25) is 5.91 Å². The van der Waals surface area contributed by atoms with Crippen LogP contribution >= 0.6 is 0 Å². The molecule has 3 rings (SSSR count). The summed E-state index contributed by atoms with van der Waals surface area (Å²) in [6.45, 7) is 5.14. The number of hydrogen-bond acceptors (Lipinski definition) is 5. The summed E-state index contributed by atoms with van der Waals surface area (Å²) < 4.78 is 18.5. The maximum Gasteiger partial charge on any atom is 0.316 e. The highest BCUT2D eigenvalue weighted by Gasteiger charge is 2.25. The Morgan fingerprint density at radius 1 is 1.40 bits per heavy atom. The summed E-state index contributed by atoms with van der Waals surface area (Å²) in [4.78, 5) is 22.0. The SMILES string of the molecule is Cc1n[nH]c(C)c1CCC(=O)N1CCC[C@H](Oc2ncc(F)cn2)C1. The Hall–Kier alpha value is -2.51. The van der Waals surface area contributed by atoms with E-state index in [0.29, 0.717) is 19.4 Å². The molecule has 25 heavy (non-hydrogen) atoms. The minimum atomic E-state index is -0.502. The van der Waals surface area contributed by atoms with Crippen LogP contribution in [0.1, 0.15) is 36.2 Å². The fourth-order valence-electron chi connectivity index (χ4n) is 3.10. The van der Waals surface area contributed by atoms with Gasteiger partial charge in [-0.1, -0.05) is 0 Å². The van der Waals surface area contributed by atoms with Gasteiger partial charge in [-0.05, 0) is 38.7 Å². The Bertz CT molecular complexity index is 712. The molecule has 1 aliphatic heterocycles. The predicted molar refractivity (Wildman–Crippen MR) is 88.6 cm³/mol. The molecule has 7 nitrogen and oxygen atoms in total. The molecule has 0 spiro atoms. The van der Waals surface area contributed by atoms with Gasteiger partial charge in [-0.3, -0.25) is 9.89 Å². The average molecular weight is 347 g/mol. The number of carbonyl (C=O) groups excluding carboxylic acids is 1. The molecule has 2 aromatic rings. The van der Waals surface area contributed by atoms with E-state index in [9.17, 15) is 9.18 Å². The van der Waals surface area contributed by atoms with Gasteiger partial charge in [0, 0.05) is 18.7 Å². The lowest BCUT2D eigenvalue weighted by Crippen LogP contribution is -2.44. The fourth-order valence-corrected chi connectivity index (χ4v) is 3.10. The van der Waals surface area contributed by atoms with Gasteiger partial charge in [0.1, 0.15) is 6.10 Å². The van der Waals surface area contributed by atoms with Crippen molar-refractivity contribution in [1.29, 1.82) is 0 Å². The fraction of sp³-hybridized carbons (Fsp3) is 0.529. The van der Waals surface area contributed by atoms with E-state index in [-0.39, 0.29) is 18.0 Å². The number of aromatic nitrogens is 4. The van der Waals surface area contributed by atoms with Crippen molar-refractivity contribution in [2.75, 3.05) is 13.1 Å². The van der Waals surface area contributed by atoms with E-state index in [0.717, 1.165) is 48.7 Å². The van der Waals surface area contributed by atoms with Crippen molar-refractivity contribution < 1.29 is 13.9 Å². The smallest absolute Gasteiger partial charge is 0.316 e. The quantitative estimate of drug-likeness (QED) is 0.894. The molecule has 2 aromatic heterocycles. The van der Waals surface area contributed by atoms with Crippen LogP contribution in [0.15, 0.2) is 12.4 Å². The van der Waals surface area contributed by atoms with Gasteiger partial charge in [0.15, 0.2) is 5.82 Å². The Kier molecular flexibility index (Phi) is 5.25. The molecule has 0 aromatic carbocycles. The molecule has 1 atom stereocenters. The number of halogens is 1. The van der Waals surface area contributed by atoms with Gasteiger partial charge >= 0.3 is 6.01 Å². The third-order valence-corrected chi connectivity index (χ3v) is 4.47. The number of nitrogens with one attached hydrogen (secondary N) is 1. The number of piperidine rings is 1. The lowest BCUT2D eigenvalue weighted by atomic mass is 10.0. The lowest BCUT2D eigenvalue weighted by Gasteiger charge is -2.32.